The third kappa shape index (κ3) is 5.41. The van der Waals surface area contributed by atoms with Crippen LogP contribution in [0.3, 0.4) is 0 Å². The molecule has 2 atom stereocenters. The molecule has 0 saturated carbocycles. The summed E-state index contributed by atoms with van der Waals surface area (Å²) in [5.74, 6) is -0.793. The van der Waals surface area contributed by atoms with E-state index in [0.29, 0.717) is 11.3 Å². The fraction of sp³-hybridized carbons (Fsp3) is 0.391. The van der Waals surface area contributed by atoms with Crippen LogP contribution in [0.2, 0.25) is 0 Å². The lowest BCUT2D eigenvalue weighted by Crippen LogP contribution is -2.56. The second-order valence-electron chi connectivity index (χ2n) is 8.70. The van der Waals surface area contributed by atoms with Gasteiger partial charge in [0.1, 0.15) is 11.1 Å². The maximum Gasteiger partial charge on any atom is 0.410 e. The van der Waals surface area contributed by atoms with E-state index in [9.17, 15) is 14.7 Å². The first-order valence-electron chi connectivity index (χ1n) is 10.3. The number of rotatable bonds is 4. The molecule has 1 aromatic heterocycles. The zero-order valence-corrected chi connectivity index (χ0v) is 19.2. The first-order chi connectivity index (χ1) is 15.1. The number of likely N-dealkylation sites (tertiary alicyclic amines) is 1. The Balaban J connectivity index is 1.87. The summed E-state index contributed by atoms with van der Waals surface area (Å²) >= 11 is 5.44. The highest BCUT2D eigenvalue weighted by atomic mass is 32.1. The number of aromatic nitrogens is 1. The first-order valence-corrected chi connectivity index (χ1v) is 10.7. The van der Waals surface area contributed by atoms with Crippen LogP contribution in [-0.2, 0) is 10.3 Å². The summed E-state index contributed by atoms with van der Waals surface area (Å²) < 4.78 is 5.53. The molecule has 2 amide bonds. The number of aliphatic hydroxyl groups excluding tert-OH is 1. The van der Waals surface area contributed by atoms with Gasteiger partial charge in [-0.3, -0.25) is 15.1 Å². The van der Waals surface area contributed by atoms with E-state index >= 15 is 0 Å². The number of amides is 2. The highest BCUT2D eigenvalue weighted by molar-refractivity contribution is 7.80. The van der Waals surface area contributed by atoms with Gasteiger partial charge in [-0.25, -0.2) is 4.79 Å². The summed E-state index contributed by atoms with van der Waals surface area (Å²) in [6, 6.07) is 14.1. The van der Waals surface area contributed by atoms with Crippen LogP contribution in [0.1, 0.15) is 36.8 Å². The predicted octanol–water partition coefficient (Wildman–Crippen LogP) is 2.44. The molecule has 0 spiro atoms. The molecule has 1 aromatic carbocycles. The zero-order valence-electron chi connectivity index (χ0n) is 18.4. The number of benzene rings is 1. The molecule has 1 fully saturated rings. The molecule has 0 radical (unpaired) electrons. The SMILES string of the molecule is CC(C)(C)OC(=O)N1CC(CO)C(NC(=S)NC(=O)c2ccccc2)(c2ccccn2)C1. The number of ether oxygens (including phenoxy) is 1. The third-order valence-electron chi connectivity index (χ3n) is 5.17. The number of carbonyl (C=O) groups excluding carboxylic acids is 2. The van der Waals surface area contributed by atoms with Gasteiger partial charge in [0.2, 0.25) is 0 Å². The number of nitrogens with zero attached hydrogens (tertiary/aromatic N) is 2. The molecule has 1 aliphatic heterocycles. The molecule has 3 rings (SSSR count). The van der Waals surface area contributed by atoms with E-state index in [1.807, 2.05) is 12.1 Å². The summed E-state index contributed by atoms with van der Waals surface area (Å²) in [6.45, 7) is 5.56. The van der Waals surface area contributed by atoms with Crippen LogP contribution >= 0.6 is 12.2 Å². The average molecular weight is 457 g/mol. The van der Waals surface area contributed by atoms with Gasteiger partial charge < -0.3 is 20.1 Å². The maximum atomic E-state index is 12.8. The van der Waals surface area contributed by atoms with Crippen molar-refractivity contribution in [1.82, 2.24) is 20.5 Å². The number of pyridine rings is 1. The molecule has 2 aromatic rings. The van der Waals surface area contributed by atoms with E-state index in [1.54, 1.807) is 63.4 Å². The number of carbonyl (C=O) groups is 2. The number of hydrogen-bond donors (Lipinski definition) is 3. The van der Waals surface area contributed by atoms with E-state index in [-0.39, 0.29) is 30.7 Å². The van der Waals surface area contributed by atoms with Crippen molar-refractivity contribution >= 4 is 29.3 Å². The van der Waals surface area contributed by atoms with Crippen LogP contribution < -0.4 is 10.6 Å². The molecular formula is C23H28N4O4S. The van der Waals surface area contributed by atoms with Crippen molar-refractivity contribution in [3.8, 4) is 0 Å². The first kappa shape index (κ1) is 23.6. The average Bonchev–Trinajstić information content (AvgIpc) is 3.13. The molecule has 3 N–H and O–H groups in total. The fourth-order valence-corrected chi connectivity index (χ4v) is 3.99. The highest BCUT2D eigenvalue weighted by Gasteiger charge is 2.51. The number of hydrogen-bond acceptors (Lipinski definition) is 6. The summed E-state index contributed by atoms with van der Waals surface area (Å²) in [7, 11) is 0. The Labute approximate surface area is 193 Å². The quantitative estimate of drug-likeness (QED) is 0.607. The summed E-state index contributed by atoms with van der Waals surface area (Å²) in [4.78, 5) is 31.3. The molecule has 2 unspecified atom stereocenters. The molecule has 0 bridgehead atoms. The summed E-state index contributed by atoms with van der Waals surface area (Å²) in [5.41, 5.74) is -0.604. The lowest BCUT2D eigenvalue weighted by atomic mass is 9.84. The van der Waals surface area contributed by atoms with E-state index in [2.05, 4.69) is 15.6 Å². The monoisotopic (exact) mass is 456 g/mol. The van der Waals surface area contributed by atoms with Crippen LogP contribution in [0.4, 0.5) is 4.79 Å². The Kier molecular flexibility index (Phi) is 7.10. The molecule has 9 heteroatoms. The van der Waals surface area contributed by atoms with Crippen molar-refractivity contribution < 1.29 is 19.4 Å². The van der Waals surface area contributed by atoms with E-state index < -0.39 is 23.2 Å². The van der Waals surface area contributed by atoms with E-state index in [0.717, 1.165) is 0 Å². The Bertz CT molecular complexity index is 965. The van der Waals surface area contributed by atoms with E-state index in [4.69, 9.17) is 17.0 Å². The molecule has 2 heterocycles. The van der Waals surface area contributed by atoms with Crippen molar-refractivity contribution in [2.45, 2.75) is 31.9 Å². The third-order valence-corrected chi connectivity index (χ3v) is 5.38. The molecule has 1 saturated heterocycles. The molecule has 8 nitrogen and oxygen atoms in total. The second kappa shape index (κ2) is 9.62. The minimum absolute atomic E-state index is 0.0778. The van der Waals surface area contributed by atoms with Gasteiger partial charge in [-0.15, -0.1) is 0 Å². The molecule has 170 valence electrons. The molecule has 0 aliphatic carbocycles. The van der Waals surface area contributed by atoms with Gasteiger partial charge in [-0.2, -0.15) is 0 Å². The molecule has 1 aliphatic rings. The van der Waals surface area contributed by atoms with Gasteiger partial charge >= 0.3 is 6.09 Å². The van der Waals surface area contributed by atoms with Crippen LogP contribution in [0.15, 0.2) is 54.7 Å². The molecular weight excluding hydrogens is 428 g/mol. The van der Waals surface area contributed by atoms with Crippen LogP contribution in [0.5, 0.6) is 0 Å². The van der Waals surface area contributed by atoms with Gasteiger partial charge in [0.15, 0.2) is 5.11 Å². The number of nitrogens with one attached hydrogen (secondary N) is 2. The van der Waals surface area contributed by atoms with Crippen LogP contribution in [0.25, 0.3) is 0 Å². The predicted molar refractivity (Wildman–Crippen MR) is 124 cm³/mol. The van der Waals surface area contributed by atoms with Gasteiger partial charge in [0.25, 0.3) is 5.91 Å². The normalized spacial score (nSPS) is 20.5. The minimum Gasteiger partial charge on any atom is -0.444 e. The number of thiocarbonyl (C=S) groups is 1. The van der Waals surface area contributed by atoms with Gasteiger partial charge in [0, 0.05) is 24.2 Å². The fourth-order valence-electron chi connectivity index (χ4n) is 3.72. The topological polar surface area (TPSA) is 104 Å². The van der Waals surface area contributed by atoms with Gasteiger partial charge in [-0.1, -0.05) is 24.3 Å². The number of aliphatic hydroxyl groups is 1. The van der Waals surface area contributed by atoms with E-state index in [1.165, 1.54) is 4.90 Å². The summed E-state index contributed by atoms with van der Waals surface area (Å²) in [5, 5.41) is 16.1. The van der Waals surface area contributed by atoms with Crippen molar-refractivity contribution in [3.05, 3.63) is 66.0 Å². The van der Waals surface area contributed by atoms with Crippen molar-refractivity contribution in [2.75, 3.05) is 19.7 Å². The van der Waals surface area contributed by atoms with Crippen molar-refractivity contribution in [1.29, 1.82) is 0 Å². The highest BCUT2D eigenvalue weighted by Crippen LogP contribution is 2.36. The Morgan fingerprint density at radius 2 is 1.91 bits per heavy atom. The Hall–Kier alpha value is -3.04. The lowest BCUT2D eigenvalue weighted by molar-refractivity contribution is 0.0277. The minimum atomic E-state index is -1.01. The van der Waals surface area contributed by atoms with Gasteiger partial charge in [-0.05, 0) is 57.3 Å². The second-order valence-corrected chi connectivity index (χ2v) is 9.11. The smallest absolute Gasteiger partial charge is 0.410 e. The van der Waals surface area contributed by atoms with Gasteiger partial charge in [0.05, 0.1) is 18.8 Å². The summed E-state index contributed by atoms with van der Waals surface area (Å²) in [6.07, 6.45) is 1.14. The zero-order chi connectivity index (χ0) is 23.4. The lowest BCUT2D eigenvalue weighted by Gasteiger charge is -2.35. The largest absolute Gasteiger partial charge is 0.444 e. The van der Waals surface area contributed by atoms with Crippen molar-refractivity contribution in [3.63, 3.8) is 0 Å². The standard InChI is InChI=1S/C23H28N4O4S/c1-22(2,3)31-21(30)27-13-17(14-28)23(15-27,18-11-7-8-12-24-18)26-20(32)25-19(29)16-9-5-4-6-10-16/h4-12,17,28H,13-15H2,1-3H3,(H2,25,26,29,32). The van der Waals surface area contributed by atoms with Crippen molar-refractivity contribution in [2.24, 2.45) is 5.92 Å². The van der Waals surface area contributed by atoms with Crippen LogP contribution in [-0.4, -0.2) is 57.4 Å². The molecule has 32 heavy (non-hydrogen) atoms. The Morgan fingerprint density at radius 1 is 1.22 bits per heavy atom. The Morgan fingerprint density at radius 3 is 2.50 bits per heavy atom. The van der Waals surface area contributed by atoms with Crippen LogP contribution in [0, 0.1) is 5.92 Å². The maximum absolute atomic E-state index is 12.8.